The van der Waals surface area contributed by atoms with E-state index in [9.17, 15) is 9.36 Å². The summed E-state index contributed by atoms with van der Waals surface area (Å²) in [7, 11) is -4.78. The fourth-order valence-corrected chi connectivity index (χ4v) is 2.19. The maximum absolute atomic E-state index is 11.2. The summed E-state index contributed by atoms with van der Waals surface area (Å²) in [5.41, 5.74) is 2.48. The molecule has 0 heterocycles. The van der Waals surface area contributed by atoms with Crippen LogP contribution in [0.25, 0.3) is 0 Å². The lowest BCUT2D eigenvalue weighted by Crippen LogP contribution is -2.37. The van der Waals surface area contributed by atoms with E-state index >= 15 is 0 Å². The van der Waals surface area contributed by atoms with E-state index in [0.29, 0.717) is 0 Å². The van der Waals surface area contributed by atoms with Gasteiger partial charge in [-0.2, -0.15) is 5.48 Å². The average Bonchev–Trinajstić information content (AvgIpc) is 2.51. The Kier molecular flexibility index (Phi) is 6.25. The number of hydrogen-bond acceptors (Lipinski definition) is 5. The van der Waals surface area contributed by atoms with Gasteiger partial charge in [0.2, 0.25) is 0 Å². The molecule has 3 N–H and O–H groups in total. The number of hydrogen-bond donors (Lipinski definition) is 3. The van der Waals surface area contributed by atoms with Gasteiger partial charge in [-0.1, -0.05) is 25.7 Å². The molecule has 0 amide bonds. The van der Waals surface area contributed by atoms with E-state index in [1.165, 1.54) is 19.8 Å². The first kappa shape index (κ1) is 15.6. The second-order valence-corrected chi connectivity index (χ2v) is 5.64. The Morgan fingerprint density at radius 2 is 1.83 bits per heavy atom. The lowest BCUT2D eigenvalue weighted by Gasteiger charge is -2.18. The highest BCUT2D eigenvalue weighted by Gasteiger charge is 2.25. The molecule has 0 spiro atoms. The molecule has 8 heteroatoms. The van der Waals surface area contributed by atoms with E-state index in [1.54, 1.807) is 0 Å². The summed E-state index contributed by atoms with van der Waals surface area (Å²) < 4.78 is 14.4. The summed E-state index contributed by atoms with van der Waals surface area (Å²) in [4.78, 5) is 33.6. The van der Waals surface area contributed by atoms with E-state index in [2.05, 4.69) is 10.0 Å². The molecule has 106 valence electrons. The van der Waals surface area contributed by atoms with Crippen molar-refractivity contribution in [3.8, 4) is 0 Å². The molecule has 0 aromatic rings. The Morgan fingerprint density at radius 1 is 1.28 bits per heavy atom. The van der Waals surface area contributed by atoms with Crippen molar-refractivity contribution in [3.05, 3.63) is 0 Å². The molecule has 0 aromatic carbocycles. The van der Waals surface area contributed by atoms with Gasteiger partial charge in [0, 0.05) is 0 Å². The van der Waals surface area contributed by atoms with Gasteiger partial charge in [0.25, 0.3) is 0 Å². The first-order valence-corrected chi connectivity index (χ1v) is 7.61. The van der Waals surface area contributed by atoms with Gasteiger partial charge in [-0.3, -0.25) is 14.6 Å². The fraction of sp³-hybridized carbons (Fsp3) is 0.900. The van der Waals surface area contributed by atoms with Crippen LogP contribution in [0.5, 0.6) is 0 Å². The minimum atomic E-state index is -4.78. The van der Waals surface area contributed by atoms with Crippen LogP contribution < -0.4 is 5.48 Å². The van der Waals surface area contributed by atoms with Crippen LogP contribution in [0, 0.1) is 0 Å². The van der Waals surface area contributed by atoms with E-state index in [1.807, 2.05) is 0 Å². The molecule has 0 saturated heterocycles. The number of hydroxylamine groups is 1. The third kappa shape index (κ3) is 6.47. The molecule has 0 bridgehead atoms. The lowest BCUT2D eigenvalue weighted by atomic mass is 10.2. The molecule has 1 aliphatic carbocycles. The second kappa shape index (κ2) is 7.21. The Bertz CT molecular complexity index is 309. The van der Waals surface area contributed by atoms with Gasteiger partial charge in [0.05, 0.1) is 6.10 Å². The van der Waals surface area contributed by atoms with Gasteiger partial charge in [-0.25, -0.2) is 9.36 Å². The van der Waals surface area contributed by atoms with Gasteiger partial charge in [-0.05, 0) is 19.8 Å². The van der Waals surface area contributed by atoms with E-state index in [0.717, 1.165) is 25.7 Å². The molecule has 1 aliphatic rings. The Balaban J connectivity index is 2.28. The van der Waals surface area contributed by atoms with Crippen LogP contribution in [0.1, 0.15) is 45.4 Å². The van der Waals surface area contributed by atoms with Crippen molar-refractivity contribution in [2.24, 2.45) is 0 Å². The largest absolute Gasteiger partial charge is 0.527 e. The number of phosphoric acid groups is 1. The number of nitrogens with one attached hydrogen (secondary N) is 1. The molecule has 1 atom stereocenters. The Hall–Kier alpha value is -0.460. The zero-order valence-corrected chi connectivity index (χ0v) is 11.3. The van der Waals surface area contributed by atoms with Crippen LogP contribution in [0.2, 0.25) is 0 Å². The Labute approximate surface area is 106 Å². The molecular weight excluding hydrogens is 261 g/mol. The standard InChI is InChI=1S/C10H20NO6P/c1-8(10(12)17-18(13,14)15)11-16-9-6-4-2-3-5-7-9/h8-9,11H,2-7H2,1H3,(H2,13,14,15)/t8-/m0/s1. The minimum Gasteiger partial charge on any atom is -0.369 e. The first-order valence-electron chi connectivity index (χ1n) is 6.08. The first-order chi connectivity index (χ1) is 8.38. The van der Waals surface area contributed by atoms with Crippen molar-refractivity contribution in [1.29, 1.82) is 0 Å². The van der Waals surface area contributed by atoms with Crippen molar-refractivity contribution < 1.29 is 28.5 Å². The third-order valence-corrected chi connectivity index (χ3v) is 3.19. The molecule has 0 unspecified atom stereocenters. The summed E-state index contributed by atoms with van der Waals surface area (Å²) >= 11 is 0. The van der Waals surface area contributed by atoms with Crippen LogP contribution >= 0.6 is 7.82 Å². The monoisotopic (exact) mass is 281 g/mol. The van der Waals surface area contributed by atoms with E-state index in [4.69, 9.17) is 14.6 Å². The van der Waals surface area contributed by atoms with Gasteiger partial charge < -0.3 is 4.52 Å². The zero-order valence-electron chi connectivity index (χ0n) is 10.4. The number of rotatable bonds is 5. The smallest absolute Gasteiger partial charge is 0.369 e. The Morgan fingerprint density at radius 3 is 2.33 bits per heavy atom. The molecule has 0 aromatic heterocycles. The highest BCUT2D eigenvalue weighted by Crippen LogP contribution is 2.36. The fourth-order valence-electron chi connectivity index (χ4n) is 1.80. The van der Waals surface area contributed by atoms with Gasteiger partial charge in [-0.15, -0.1) is 0 Å². The summed E-state index contributed by atoms with van der Waals surface area (Å²) in [6, 6.07) is -0.916. The highest BCUT2D eigenvalue weighted by atomic mass is 31.2. The lowest BCUT2D eigenvalue weighted by molar-refractivity contribution is -0.144. The zero-order chi connectivity index (χ0) is 13.6. The molecular formula is C10H20NO6P. The SMILES string of the molecule is C[C@H](NOC1CCCCCC1)C(=O)OP(=O)(O)O. The predicted octanol–water partition coefficient (Wildman–Crippen LogP) is 1.25. The van der Waals surface area contributed by atoms with Crippen molar-refractivity contribution >= 4 is 13.8 Å². The van der Waals surface area contributed by atoms with Crippen LogP contribution in [0.3, 0.4) is 0 Å². The summed E-state index contributed by atoms with van der Waals surface area (Å²) in [5, 5.41) is 0. The van der Waals surface area contributed by atoms with Crippen LogP contribution in [0.15, 0.2) is 0 Å². The number of phosphoric ester groups is 1. The molecule has 18 heavy (non-hydrogen) atoms. The maximum Gasteiger partial charge on any atom is 0.527 e. The van der Waals surface area contributed by atoms with Crippen molar-refractivity contribution in [1.82, 2.24) is 5.48 Å². The second-order valence-electron chi connectivity index (χ2n) is 4.47. The number of carbonyl (C=O) groups excluding carboxylic acids is 1. The van der Waals surface area contributed by atoms with Crippen LogP contribution in [-0.4, -0.2) is 27.9 Å². The van der Waals surface area contributed by atoms with Gasteiger partial charge in [0.1, 0.15) is 6.04 Å². The predicted molar refractivity (Wildman–Crippen MR) is 63.3 cm³/mol. The van der Waals surface area contributed by atoms with Crippen LogP contribution in [0.4, 0.5) is 0 Å². The van der Waals surface area contributed by atoms with Gasteiger partial charge in [0.15, 0.2) is 0 Å². The minimum absolute atomic E-state index is 0.0396. The number of carbonyl (C=O) groups is 1. The molecule has 0 radical (unpaired) electrons. The third-order valence-electron chi connectivity index (χ3n) is 2.78. The normalized spacial score (nSPS) is 20.2. The topological polar surface area (TPSA) is 105 Å². The molecule has 1 rings (SSSR count). The van der Waals surface area contributed by atoms with Crippen molar-refractivity contribution in [2.45, 2.75) is 57.6 Å². The highest BCUT2D eigenvalue weighted by molar-refractivity contribution is 7.46. The molecule has 7 nitrogen and oxygen atoms in total. The average molecular weight is 281 g/mol. The van der Waals surface area contributed by atoms with Crippen LogP contribution in [-0.2, 0) is 18.7 Å². The quantitative estimate of drug-likeness (QED) is 0.395. The molecule has 1 saturated carbocycles. The summed E-state index contributed by atoms with van der Waals surface area (Å²) in [6.07, 6.45) is 6.45. The van der Waals surface area contributed by atoms with E-state index in [-0.39, 0.29) is 6.10 Å². The van der Waals surface area contributed by atoms with Crippen molar-refractivity contribution in [2.75, 3.05) is 0 Å². The van der Waals surface area contributed by atoms with E-state index < -0.39 is 19.8 Å². The maximum atomic E-state index is 11.2. The summed E-state index contributed by atoms with van der Waals surface area (Å²) in [5.74, 6) is -1.03. The summed E-state index contributed by atoms with van der Waals surface area (Å²) in [6.45, 7) is 1.43. The molecule has 0 aliphatic heterocycles. The van der Waals surface area contributed by atoms with Gasteiger partial charge >= 0.3 is 13.8 Å². The molecule has 1 fully saturated rings. The van der Waals surface area contributed by atoms with Crippen molar-refractivity contribution in [3.63, 3.8) is 0 Å².